The fourth-order valence-electron chi connectivity index (χ4n) is 6.52. The van der Waals surface area contributed by atoms with Crippen molar-refractivity contribution in [1.29, 1.82) is 0 Å². The Morgan fingerprint density at radius 2 is 1.06 bits per heavy atom. The molecule has 2 aromatic heterocycles. The van der Waals surface area contributed by atoms with Gasteiger partial charge in [0.1, 0.15) is 0 Å². The lowest BCUT2D eigenvalue weighted by Crippen LogP contribution is -2.55. The molecule has 188 valence electrons. The van der Waals surface area contributed by atoms with Gasteiger partial charge in [-0.1, -0.05) is 49.2 Å². The smallest absolute Gasteiger partial charge is 0.167 e. The molecule has 5 nitrogen and oxygen atoms in total. The topological polar surface area (TPSA) is 55.1 Å². The number of hydrogen-bond donors (Lipinski definition) is 2. The molecule has 2 aliphatic rings. The Labute approximate surface area is 213 Å². The van der Waals surface area contributed by atoms with E-state index in [1.165, 1.54) is 60.4 Å². The van der Waals surface area contributed by atoms with Gasteiger partial charge in [-0.05, 0) is 88.0 Å². The van der Waals surface area contributed by atoms with Gasteiger partial charge in [0, 0.05) is 34.2 Å². The van der Waals surface area contributed by atoms with Gasteiger partial charge in [-0.25, -0.2) is 0 Å². The van der Waals surface area contributed by atoms with Crippen molar-refractivity contribution >= 4 is 27.6 Å². The van der Waals surface area contributed by atoms with Crippen molar-refractivity contribution in [1.82, 2.24) is 19.8 Å². The van der Waals surface area contributed by atoms with Crippen molar-refractivity contribution < 1.29 is 4.79 Å². The Hall–Kier alpha value is -2.89. The first kappa shape index (κ1) is 23.5. The van der Waals surface area contributed by atoms with Crippen LogP contribution in [-0.4, -0.2) is 63.8 Å². The minimum Gasteiger partial charge on any atom is -0.361 e. The molecule has 4 heterocycles. The molecular weight excluding hydrogens is 444 g/mol. The number of piperidine rings is 2. The summed E-state index contributed by atoms with van der Waals surface area (Å²) in [6.07, 6.45) is 13.1. The number of nitrogens with one attached hydrogen (secondary N) is 2. The van der Waals surface area contributed by atoms with E-state index in [4.69, 9.17) is 0 Å². The molecule has 2 aliphatic heterocycles. The molecule has 36 heavy (non-hydrogen) atoms. The molecular formula is C31H38N4O. The van der Waals surface area contributed by atoms with Crippen molar-refractivity contribution in [2.24, 2.45) is 0 Å². The number of hydrogen-bond acceptors (Lipinski definition) is 3. The molecule has 0 aliphatic carbocycles. The van der Waals surface area contributed by atoms with E-state index in [9.17, 15) is 4.79 Å². The largest absolute Gasteiger partial charge is 0.361 e. The Morgan fingerprint density at radius 1 is 0.639 bits per heavy atom. The number of fused-ring (bicyclic) bond motifs is 2. The molecule has 0 radical (unpaired) electrons. The standard InChI is InChI=1S/C31H38N4O/c36-31(29(34-15-7-1-8-16-34)19-23-21-32-27-13-5-3-11-25(23)27)30(35-17-9-2-10-18-35)20-24-22-33-28-14-6-4-12-26(24)28/h3-6,11-14,21-22,29-30,32-33H,1-2,7-10,15-20H2. The van der Waals surface area contributed by atoms with Gasteiger partial charge in [0.25, 0.3) is 0 Å². The van der Waals surface area contributed by atoms with Crippen LogP contribution >= 0.6 is 0 Å². The van der Waals surface area contributed by atoms with Crippen molar-refractivity contribution in [2.45, 2.75) is 63.5 Å². The van der Waals surface area contributed by atoms with Crippen LogP contribution in [0.25, 0.3) is 21.8 Å². The Morgan fingerprint density at radius 3 is 1.50 bits per heavy atom. The van der Waals surface area contributed by atoms with Crippen LogP contribution in [0.15, 0.2) is 60.9 Å². The number of nitrogens with zero attached hydrogens (tertiary/aromatic N) is 2. The van der Waals surface area contributed by atoms with E-state index < -0.39 is 0 Å². The lowest BCUT2D eigenvalue weighted by molar-refractivity contribution is -0.130. The van der Waals surface area contributed by atoms with E-state index in [0.29, 0.717) is 5.78 Å². The van der Waals surface area contributed by atoms with Crippen LogP contribution in [0.2, 0.25) is 0 Å². The predicted octanol–water partition coefficient (Wildman–Crippen LogP) is 5.71. The van der Waals surface area contributed by atoms with Gasteiger partial charge in [0.05, 0.1) is 12.1 Å². The maximum absolute atomic E-state index is 14.7. The summed E-state index contributed by atoms with van der Waals surface area (Å²) in [7, 11) is 0. The van der Waals surface area contributed by atoms with Crippen LogP contribution in [0.5, 0.6) is 0 Å². The zero-order valence-electron chi connectivity index (χ0n) is 21.2. The minimum atomic E-state index is -0.0818. The Balaban J connectivity index is 1.34. The number of rotatable bonds is 8. The van der Waals surface area contributed by atoms with Crippen molar-refractivity contribution in [3.63, 3.8) is 0 Å². The average molecular weight is 483 g/mol. The van der Waals surface area contributed by atoms with Crippen LogP contribution < -0.4 is 0 Å². The van der Waals surface area contributed by atoms with Crippen LogP contribution in [-0.2, 0) is 17.6 Å². The molecule has 2 N–H and O–H groups in total. The van der Waals surface area contributed by atoms with Gasteiger partial charge >= 0.3 is 0 Å². The highest BCUT2D eigenvalue weighted by Crippen LogP contribution is 2.27. The minimum absolute atomic E-state index is 0.0818. The fourth-order valence-corrected chi connectivity index (χ4v) is 6.52. The van der Waals surface area contributed by atoms with E-state index in [0.717, 1.165) is 50.1 Å². The lowest BCUT2D eigenvalue weighted by atomic mass is 9.89. The molecule has 4 aromatic rings. The normalized spacial score (nSPS) is 19.6. The number of H-pyrrole nitrogens is 2. The summed E-state index contributed by atoms with van der Waals surface area (Å²) in [5.74, 6) is 0.411. The second kappa shape index (κ2) is 10.6. The van der Waals surface area contributed by atoms with Crippen molar-refractivity contribution in [3.05, 3.63) is 72.1 Å². The summed E-state index contributed by atoms with van der Waals surface area (Å²) in [6, 6.07) is 16.8. The van der Waals surface area contributed by atoms with Gasteiger partial charge < -0.3 is 9.97 Å². The Kier molecular flexibility index (Phi) is 6.93. The first-order chi connectivity index (χ1) is 17.8. The maximum Gasteiger partial charge on any atom is 0.167 e. The third-order valence-electron chi connectivity index (χ3n) is 8.50. The first-order valence-corrected chi connectivity index (χ1v) is 13.9. The van der Waals surface area contributed by atoms with Crippen molar-refractivity contribution in [2.75, 3.05) is 26.2 Å². The SMILES string of the molecule is O=C(C(Cc1c[nH]c2ccccc12)N1CCCCC1)C(Cc1c[nH]c2ccccc12)N1CCCCC1. The van der Waals surface area contributed by atoms with Crippen LogP contribution in [0, 0.1) is 0 Å². The number of ketones is 1. The van der Waals surface area contributed by atoms with E-state index >= 15 is 0 Å². The molecule has 2 unspecified atom stereocenters. The average Bonchev–Trinajstić information content (AvgIpc) is 3.55. The number of aromatic amines is 2. The van der Waals surface area contributed by atoms with Gasteiger partial charge in [-0.2, -0.15) is 0 Å². The summed E-state index contributed by atoms with van der Waals surface area (Å²) in [4.78, 5) is 26.5. The highest BCUT2D eigenvalue weighted by molar-refractivity contribution is 5.92. The Bertz CT molecular complexity index is 1210. The van der Waals surface area contributed by atoms with Crippen LogP contribution in [0.1, 0.15) is 49.7 Å². The number of Topliss-reactive ketones (excluding diaryl/α,β-unsaturated/α-hetero) is 1. The number of carbonyl (C=O) groups is 1. The van der Waals surface area contributed by atoms with Gasteiger partial charge in [-0.3, -0.25) is 14.6 Å². The molecule has 2 atom stereocenters. The number of aromatic nitrogens is 2. The summed E-state index contributed by atoms with van der Waals surface area (Å²) >= 11 is 0. The van der Waals surface area contributed by atoms with Gasteiger partial charge in [0.2, 0.25) is 0 Å². The molecule has 0 bridgehead atoms. The monoisotopic (exact) mass is 482 g/mol. The molecule has 0 spiro atoms. The summed E-state index contributed by atoms with van der Waals surface area (Å²) < 4.78 is 0. The van der Waals surface area contributed by atoms with E-state index in [-0.39, 0.29) is 12.1 Å². The van der Waals surface area contributed by atoms with E-state index in [1.54, 1.807) is 0 Å². The third-order valence-corrected chi connectivity index (χ3v) is 8.50. The van der Waals surface area contributed by atoms with Crippen molar-refractivity contribution in [3.8, 4) is 0 Å². The third kappa shape index (κ3) is 4.74. The summed E-state index contributed by atoms with van der Waals surface area (Å²) in [5, 5.41) is 2.50. The molecule has 6 rings (SSSR count). The summed E-state index contributed by atoms with van der Waals surface area (Å²) in [6.45, 7) is 4.11. The number of carbonyl (C=O) groups excluding carboxylic acids is 1. The molecule has 0 amide bonds. The lowest BCUT2D eigenvalue weighted by Gasteiger charge is -2.39. The van der Waals surface area contributed by atoms with Crippen LogP contribution in [0.3, 0.4) is 0 Å². The molecule has 2 aromatic carbocycles. The predicted molar refractivity (Wildman–Crippen MR) is 147 cm³/mol. The molecule has 0 saturated carbocycles. The molecule has 2 saturated heterocycles. The number of para-hydroxylation sites is 2. The quantitative estimate of drug-likeness (QED) is 0.338. The molecule has 5 heteroatoms. The zero-order chi connectivity index (χ0) is 24.3. The van der Waals surface area contributed by atoms with Gasteiger partial charge in [0.15, 0.2) is 5.78 Å². The molecule has 2 fully saturated rings. The van der Waals surface area contributed by atoms with Crippen LogP contribution in [0.4, 0.5) is 0 Å². The number of benzene rings is 2. The van der Waals surface area contributed by atoms with E-state index in [1.807, 2.05) is 0 Å². The van der Waals surface area contributed by atoms with E-state index in [2.05, 4.69) is 80.7 Å². The fraction of sp³-hybridized carbons (Fsp3) is 0.452. The van der Waals surface area contributed by atoms with Gasteiger partial charge in [-0.15, -0.1) is 0 Å². The second-order valence-electron chi connectivity index (χ2n) is 10.8. The highest BCUT2D eigenvalue weighted by atomic mass is 16.1. The number of likely N-dealkylation sites (tertiary alicyclic amines) is 2. The highest BCUT2D eigenvalue weighted by Gasteiger charge is 2.36. The second-order valence-corrected chi connectivity index (χ2v) is 10.8. The first-order valence-electron chi connectivity index (χ1n) is 13.9. The maximum atomic E-state index is 14.7. The summed E-state index contributed by atoms with van der Waals surface area (Å²) in [5.41, 5.74) is 4.84. The zero-order valence-corrected chi connectivity index (χ0v) is 21.2.